The van der Waals surface area contributed by atoms with Gasteiger partial charge in [-0.15, -0.1) is 0 Å². The summed E-state index contributed by atoms with van der Waals surface area (Å²) in [6.45, 7) is 10.7. The molecule has 6 heteroatoms. The highest BCUT2D eigenvalue weighted by atomic mass is 16.2. The van der Waals surface area contributed by atoms with Crippen LogP contribution in [0.3, 0.4) is 0 Å². The Balaban J connectivity index is 1.41. The number of anilines is 1. The van der Waals surface area contributed by atoms with E-state index in [0.717, 1.165) is 48.6 Å². The molecule has 2 aromatic carbocycles. The lowest BCUT2D eigenvalue weighted by Crippen LogP contribution is -2.51. The summed E-state index contributed by atoms with van der Waals surface area (Å²) in [5.74, 6) is 0.140. The van der Waals surface area contributed by atoms with Crippen LogP contribution in [-0.2, 0) is 16.1 Å². The van der Waals surface area contributed by atoms with Gasteiger partial charge in [-0.2, -0.15) is 0 Å². The van der Waals surface area contributed by atoms with Crippen molar-refractivity contribution in [3.05, 3.63) is 64.7 Å². The average molecular weight is 423 g/mol. The van der Waals surface area contributed by atoms with Gasteiger partial charge in [-0.25, -0.2) is 0 Å². The number of para-hydroxylation sites is 1. The number of aryl methyl sites for hydroxylation is 3. The zero-order valence-corrected chi connectivity index (χ0v) is 19.1. The summed E-state index contributed by atoms with van der Waals surface area (Å²) in [5.41, 5.74) is 5.42. The Kier molecular flexibility index (Phi) is 7.82. The molecule has 2 aromatic rings. The van der Waals surface area contributed by atoms with E-state index in [-0.39, 0.29) is 11.8 Å². The van der Waals surface area contributed by atoms with E-state index >= 15 is 0 Å². The van der Waals surface area contributed by atoms with Crippen molar-refractivity contribution < 1.29 is 9.59 Å². The van der Waals surface area contributed by atoms with Gasteiger partial charge in [0.15, 0.2) is 0 Å². The second-order valence-electron chi connectivity index (χ2n) is 8.60. The topological polar surface area (TPSA) is 55.9 Å². The highest BCUT2D eigenvalue weighted by Crippen LogP contribution is 2.19. The third-order valence-electron chi connectivity index (χ3n) is 5.90. The predicted octanol–water partition coefficient (Wildman–Crippen LogP) is 2.83. The molecule has 166 valence electrons. The zero-order chi connectivity index (χ0) is 22.4. The maximum Gasteiger partial charge on any atom is 0.238 e. The third-order valence-corrected chi connectivity index (χ3v) is 5.90. The number of hydrogen-bond acceptors (Lipinski definition) is 4. The number of carbonyl (C=O) groups is 2. The van der Waals surface area contributed by atoms with Crippen molar-refractivity contribution in [1.29, 1.82) is 0 Å². The van der Waals surface area contributed by atoms with Crippen LogP contribution in [0.2, 0.25) is 0 Å². The normalized spacial score (nSPS) is 15.0. The fourth-order valence-corrected chi connectivity index (χ4v) is 3.87. The molecule has 0 spiro atoms. The molecule has 0 saturated carbocycles. The smallest absolute Gasteiger partial charge is 0.238 e. The molecule has 1 aliphatic rings. The summed E-state index contributed by atoms with van der Waals surface area (Å²) >= 11 is 0. The van der Waals surface area contributed by atoms with E-state index in [9.17, 15) is 9.59 Å². The number of likely N-dealkylation sites (N-methyl/N-ethyl adjacent to an activating group) is 1. The van der Waals surface area contributed by atoms with Crippen molar-refractivity contribution >= 4 is 17.5 Å². The van der Waals surface area contributed by atoms with Gasteiger partial charge in [0.2, 0.25) is 11.8 Å². The fraction of sp³-hybridized carbons (Fsp3) is 0.440. The molecule has 0 radical (unpaired) electrons. The maximum absolute atomic E-state index is 12.6. The lowest BCUT2D eigenvalue weighted by Gasteiger charge is -2.34. The molecular formula is C25H34N4O2. The Morgan fingerprint density at radius 1 is 0.871 bits per heavy atom. The molecule has 0 aliphatic carbocycles. The van der Waals surface area contributed by atoms with Gasteiger partial charge in [0.1, 0.15) is 0 Å². The Hall–Kier alpha value is -2.70. The molecule has 31 heavy (non-hydrogen) atoms. The van der Waals surface area contributed by atoms with E-state index < -0.39 is 0 Å². The Morgan fingerprint density at radius 2 is 1.42 bits per heavy atom. The van der Waals surface area contributed by atoms with Gasteiger partial charge in [-0.05, 0) is 37.5 Å². The van der Waals surface area contributed by atoms with Gasteiger partial charge in [0, 0.05) is 45.5 Å². The molecule has 1 fully saturated rings. The summed E-state index contributed by atoms with van der Waals surface area (Å²) in [6, 6.07) is 14.3. The zero-order valence-electron chi connectivity index (χ0n) is 19.1. The highest BCUT2D eigenvalue weighted by molar-refractivity contribution is 5.93. The van der Waals surface area contributed by atoms with E-state index in [1.165, 1.54) is 5.56 Å². The van der Waals surface area contributed by atoms with Crippen molar-refractivity contribution in [2.75, 3.05) is 51.6 Å². The standard InChI is InChI=1S/C25H34N4O2/c1-19-8-10-22(11-9-19)16-27(4)24(31)18-29-14-12-28(13-15-29)17-23(30)26-25-20(2)6-5-7-21(25)3/h5-11H,12-18H2,1-4H3,(H,26,30). The van der Waals surface area contributed by atoms with Crippen LogP contribution in [-0.4, -0.2) is 72.8 Å². The first kappa shape index (κ1) is 23.0. The SMILES string of the molecule is Cc1ccc(CN(C)C(=O)CN2CCN(CC(=O)Nc3c(C)cccc3C)CC2)cc1. The van der Waals surface area contributed by atoms with Gasteiger partial charge in [-0.3, -0.25) is 19.4 Å². The van der Waals surface area contributed by atoms with Crippen LogP contribution in [0.25, 0.3) is 0 Å². The predicted molar refractivity (Wildman–Crippen MR) is 125 cm³/mol. The second-order valence-corrected chi connectivity index (χ2v) is 8.60. The second kappa shape index (κ2) is 10.6. The number of nitrogens with zero attached hydrogens (tertiary/aromatic N) is 3. The Labute approximate surface area is 185 Å². The minimum Gasteiger partial charge on any atom is -0.340 e. The molecule has 1 heterocycles. The molecule has 0 aromatic heterocycles. The molecule has 1 aliphatic heterocycles. The van der Waals surface area contributed by atoms with Crippen molar-refractivity contribution in [2.24, 2.45) is 0 Å². The summed E-state index contributed by atoms with van der Waals surface area (Å²) in [6.07, 6.45) is 0. The quantitative estimate of drug-likeness (QED) is 0.746. The first-order valence-electron chi connectivity index (χ1n) is 10.9. The number of hydrogen-bond donors (Lipinski definition) is 1. The average Bonchev–Trinajstić information content (AvgIpc) is 2.74. The Morgan fingerprint density at radius 3 is 2.00 bits per heavy atom. The maximum atomic E-state index is 12.6. The summed E-state index contributed by atoms with van der Waals surface area (Å²) in [7, 11) is 1.86. The summed E-state index contributed by atoms with van der Waals surface area (Å²) in [4.78, 5) is 31.2. The van der Waals surface area contributed by atoms with E-state index in [4.69, 9.17) is 0 Å². The molecular weight excluding hydrogens is 388 g/mol. The first-order chi connectivity index (χ1) is 14.8. The van der Waals surface area contributed by atoms with E-state index in [1.807, 2.05) is 39.1 Å². The summed E-state index contributed by atoms with van der Waals surface area (Å²) < 4.78 is 0. The van der Waals surface area contributed by atoms with Crippen LogP contribution < -0.4 is 5.32 Å². The molecule has 0 bridgehead atoms. The molecule has 3 rings (SSSR count). The lowest BCUT2D eigenvalue weighted by molar-refractivity contribution is -0.132. The van der Waals surface area contributed by atoms with Crippen LogP contribution in [0.5, 0.6) is 0 Å². The highest BCUT2D eigenvalue weighted by Gasteiger charge is 2.22. The van der Waals surface area contributed by atoms with Crippen LogP contribution in [0.1, 0.15) is 22.3 Å². The number of rotatable bonds is 7. The van der Waals surface area contributed by atoms with Crippen LogP contribution in [0, 0.1) is 20.8 Å². The van der Waals surface area contributed by atoms with Gasteiger partial charge >= 0.3 is 0 Å². The van der Waals surface area contributed by atoms with Gasteiger partial charge in [-0.1, -0.05) is 48.0 Å². The van der Waals surface area contributed by atoms with Crippen LogP contribution in [0.4, 0.5) is 5.69 Å². The van der Waals surface area contributed by atoms with Crippen LogP contribution >= 0.6 is 0 Å². The number of piperazine rings is 1. The van der Waals surface area contributed by atoms with Crippen molar-refractivity contribution in [1.82, 2.24) is 14.7 Å². The fourth-order valence-electron chi connectivity index (χ4n) is 3.87. The lowest BCUT2D eigenvalue weighted by atomic mass is 10.1. The van der Waals surface area contributed by atoms with Gasteiger partial charge in [0.25, 0.3) is 0 Å². The van der Waals surface area contributed by atoms with Crippen molar-refractivity contribution in [2.45, 2.75) is 27.3 Å². The molecule has 6 nitrogen and oxygen atoms in total. The van der Waals surface area contributed by atoms with Gasteiger partial charge < -0.3 is 10.2 Å². The number of benzene rings is 2. The minimum absolute atomic E-state index is 0.0137. The van der Waals surface area contributed by atoms with E-state index in [0.29, 0.717) is 19.6 Å². The largest absolute Gasteiger partial charge is 0.340 e. The third kappa shape index (κ3) is 6.64. The van der Waals surface area contributed by atoms with Crippen molar-refractivity contribution in [3.8, 4) is 0 Å². The Bertz CT molecular complexity index is 882. The molecule has 0 atom stereocenters. The first-order valence-corrected chi connectivity index (χ1v) is 10.9. The van der Waals surface area contributed by atoms with E-state index in [1.54, 1.807) is 4.90 Å². The molecule has 0 unspecified atom stereocenters. The molecule has 1 N–H and O–H groups in total. The van der Waals surface area contributed by atoms with Gasteiger partial charge in [0.05, 0.1) is 13.1 Å². The number of amides is 2. The van der Waals surface area contributed by atoms with E-state index in [2.05, 4.69) is 46.3 Å². The number of nitrogens with one attached hydrogen (secondary N) is 1. The monoisotopic (exact) mass is 422 g/mol. The molecule has 2 amide bonds. The van der Waals surface area contributed by atoms with Crippen molar-refractivity contribution in [3.63, 3.8) is 0 Å². The van der Waals surface area contributed by atoms with Crippen LogP contribution in [0.15, 0.2) is 42.5 Å². The molecule has 1 saturated heterocycles. The summed E-state index contributed by atoms with van der Waals surface area (Å²) in [5, 5.41) is 3.06. The number of carbonyl (C=O) groups excluding carboxylic acids is 2. The minimum atomic E-state index is 0.0137.